The molecule has 5 heteroatoms. The minimum absolute atomic E-state index is 0.123. The molecule has 0 amide bonds. The average Bonchev–Trinajstić information content (AvgIpc) is 2.00. The molecule has 1 rings (SSSR count). The summed E-state index contributed by atoms with van der Waals surface area (Å²) < 4.78 is 0. The molecule has 0 bridgehead atoms. The van der Waals surface area contributed by atoms with E-state index in [1.807, 2.05) is 0 Å². The molecule has 0 aliphatic heterocycles. The third-order valence-corrected chi connectivity index (χ3v) is 1.76. The molecular formula is C7H5Cl2NO2. The molecule has 0 fully saturated rings. The van der Waals surface area contributed by atoms with E-state index in [-0.39, 0.29) is 16.3 Å². The summed E-state index contributed by atoms with van der Waals surface area (Å²) in [6, 6.07) is 2.83. The zero-order valence-corrected chi connectivity index (χ0v) is 7.34. The lowest BCUT2D eigenvalue weighted by Crippen LogP contribution is -1.83. The first-order valence-electron chi connectivity index (χ1n) is 3.00. The Bertz CT molecular complexity index is 325. The van der Waals surface area contributed by atoms with Crippen molar-refractivity contribution in [1.82, 2.24) is 0 Å². The van der Waals surface area contributed by atoms with Crippen molar-refractivity contribution < 1.29 is 10.3 Å². The number of hydrogen-bond donors (Lipinski definition) is 2. The van der Waals surface area contributed by atoms with E-state index >= 15 is 0 Å². The Balaban J connectivity index is 3.27. The minimum atomic E-state index is -0.154. The topological polar surface area (TPSA) is 52.8 Å². The van der Waals surface area contributed by atoms with Crippen LogP contribution in [0.25, 0.3) is 0 Å². The van der Waals surface area contributed by atoms with Gasteiger partial charge in [0.05, 0.1) is 11.2 Å². The molecule has 0 heterocycles. The van der Waals surface area contributed by atoms with E-state index in [9.17, 15) is 5.11 Å². The molecule has 1 aromatic carbocycles. The van der Waals surface area contributed by atoms with E-state index in [1.165, 1.54) is 12.1 Å². The summed E-state index contributed by atoms with van der Waals surface area (Å²) in [4.78, 5) is 0. The fourth-order valence-electron chi connectivity index (χ4n) is 0.746. The second kappa shape index (κ2) is 3.65. The molecule has 0 aliphatic carbocycles. The highest BCUT2D eigenvalue weighted by molar-refractivity contribution is 6.36. The molecule has 0 radical (unpaired) electrons. The second-order valence-electron chi connectivity index (χ2n) is 2.07. The number of benzene rings is 1. The van der Waals surface area contributed by atoms with Crippen LogP contribution in [0.5, 0.6) is 5.75 Å². The second-order valence-corrected chi connectivity index (χ2v) is 2.91. The van der Waals surface area contributed by atoms with Gasteiger partial charge in [-0.05, 0) is 12.1 Å². The molecule has 2 N–H and O–H groups in total. The number of aromatic hydroxyl groups is 1. The first kappa shape index (κ1) is 9.16. The van der Waals surface area contributed by atoms with Gasteiger partial charge in [0.15, 0.2) is 0 Å². The Kier molecular flexibility index (Phi) is 2.78. The van der Waals surface area contributed by atoms with Crippen LogP contribution in [0.1, 0.15) is 5.56 Å². The van der Waals surface area contributed by atoms with Crippen LogP contribution in [-0.4, -0.2) is 16.5 Å². The Labute approximate surface area is 78.8 Å². The average molecular weight is 206 g/mol. The van der Waals surface area contributed by atoms with Gasteiger partial charge in [-0.2, -0.15) is 0 Å². The van der Waals surface area contributed by atoms with Gasteiger partial charge < -0.3 is 10.3 Å². The van der Waals surface area contributed by atoms with Crippen molar-refractivity contribution in [1.29, 1.82) is 0 Å². The number of phenolic OH excluding ortho intramolecular Hbond substituents is 1. The highest BCUT2D eigenvalue weighted by Gasteiger charge is 2.05. The van der Waals surface area contributed by atoms with E-state index in [1.54, 1.807) is 0 Å². The Hall–Kier alpha value is -0.930. The van der Waals surface area contributed by atoms with Crippen molar-refractivity contribution in [3.63, 3.8) is 0 Å². The SMILES string of the molecule is O/N=C/c1cc(Cl)cc(Cl)c1O. The van der Waals surface area contributed by atoms with Crippen molar-refractivity contribution in [2.45, 2.75) is 0 Å². The van der Waals surface area contributed by atoms with Crippen LogP contribution in [0.3, 0.4) is 0 Å². The van der Waals surface area contributed by atoms with E-state index in [0.29, 0.717) is 5.02 Å². The first-order chi connectivity index (χ1) is 5.65. The molecule has 0 aromatic heterocycles. The molecule has 12 heavy (non-hydrogen) atoms. The van der Waals surface area contributed by atoms with Gasteiger partial charge in [0.1, 0.15) is 5.75 Å². The summed E-state index contributed by atoms with van der Waals surface area (Å²) in [5.41, 5.74) is 0.273. The van der Waals surface area contributed by atoms with Gasteiger partial charge in [0.2, 0.25) is 0 Å². The highest BCUT2D eigenvalue weighted by Crippen LogP contribution is 2.29. The maximum Gasteiger partial charge on any atom is 0.143 e. The summed E-state index contributed by atoms with van der Waals surface area (Å²) >= 11 is 11.2. The predicted octanol–water partition coefficient (Wildman–Crippen LogP) is 2.51. The molecule has 0 aliphatic rings. The van der Waals surface area contributed by atoms with Crippen molar-refractivity contribution in [2.24, 2.45) is 5.16 Å². The summed E-state index contributed by atoms with van der Waals surface area (Å²) in [7, 11) is 0. The number of oxime groups is 1. The van der Waals surface area contributed by atoms with Crippen LogP contribution in [0.15, 0.2) is 17.3 Å². The molecule has 0 saturated carbocycles. The summed E-state index contributed by atoms with van der Waals surface area (Å²) in [6.45, 7) is 0. The highest BCUT2D eigenvalue weighted by atomic mass is 35.5. The van der Waals surface area contributed by atoms with Crippen LogP contribution < -0.4 is 0 Å². The Morgan fingerprint density at radius 3 is 2.58 bits per heavy atom. The van der Waals surface area contributed by atoms with Gasteiger partial charge in [-0.3, -0.25) is 0 Å². The third kappa shape index (κ3) is 1.81. The lowest BCUT2D eigenvalue weighted by atomic mass is 10.2. The summed E-state index contributed by atoms with van der Waals surface area (Å²) in [6.07, 6.45) is 1.05. The number of rotatable bonds is 1. The van der Waals surface area contributed by atoms with E-state index in [0.717, 1.165) is 6.21 Å². The quantitative estimate of drug-likeness (QED) is 0.421. The van der Waals surface area contributed by atoms with Gasteiger partial charge >= 0.3 is 0 Å². The third-order valence-electron chi connectivity index (χ3n) is 1.25. The van der Waals surface area contributed by atoms with Crippen molar-refractivity contribution >= 4 is 29.4 Å². The van der Waals surface area contributed by atoms with Gasteiger partial charge in [-0.25, -0.2) is 0 Å². The van der Waals surface area contributed by atoms with Gasteiger partial charge in [0.25, 0.3) is 0 Å². The zero-order valence-electron chi connectivity index (χ0n) is 5.83. The van der Waals surface area contributed by atoms with Crippen molar-refractivity contribution in [3.8, 4) is 5.75 Å². The lowest BCUT2D eigenvalue weighted by Gasteiger charge is -2.00. The number of hydrogen-bond acceptors (Lipinski definition) is 3. The van der Waals surface area contributed by atoms with E-state index in [4.69, 9.17) is 28.4 Å². The predicted molar refractivity (Wildman–Crippen MR) is 47.5 cm³/mol. The molecule has 3 nitrogen and oxygen atoms in total. The maximum atomic E-state index is 9.26. The van der Waals surface area contributed by atoms with Crippen molar-refractivity contribution in [2.75, 3.05) is 0 Å². The monoisotopic (exact) mass is 205 g/mol. The zero-order chi connectivity index (χ0) is 9.14. The lowest BCUT2D eigenvalue weighted by molar-refractivity contribution is 0.321. The van der Waals surface area contributed by atoms with Crippen LogP contribution in [-0.2, 0) is 0 Å². The summed E-state index contributed by atoms with van der Waals surface area (Å²) in [5.74, 6) is -0.154. The van der Waals surface area contributed by atoms with Crippen LogP contribution in [0, 0.1) is 0 Å². The Morgan fingerprint density at radius 2 is 2.00 bits per heavy atom. The van der Waals surface area contributed by atoms with Gasteiger partial charge in [-0.1, -0.05) is 28.4 Å². The molecule has 0 unspecified atom stereocenters. The molecule has 0 spiro atoms. The number of phenols is 1. The molecule has 0 saturated heterocycles. The standard InChI is InChI=1S/C7H5Cl2NO2/c8-5-1-4(3-10-12)7(11)6(9)2-5/h1-3,11-12H/b10-3+. The number of nitrogens with zero attached hydrogens (tertiary/aromatic N) is 1. The number of halogens is 2. The summed E-state index contributed by atoms with van der Waals surface area (Å²) in [5, 5.41) is 20.7. The minimum Gasteiger partial charge on any atom is -0.506 e. The smallest absolute Gasteiger partial charge is 0.143 e. The van der Waals surface area contributed by atoms with E-state index in [2.05, 4.69) is 5.16 Å². The van der Waals surface area contributed by atoms with Crippen molar-refractivity contribution in [3.05, 3.63) is 27.7 Å². The normalized spacial score (nSPS) is 10.8. The molecule has 1 aromatic rings. The Morgan fingerprint density at radius 1 is 1.33 bits per heavy atom. The fraction of sp³-hybridized carbons (Fsp3) is 0. The maximum absolute atomic E-state index is 9.26. The van der Waals surface area contributed by atoms with Crippen LogP contribution in [0.2, 0.25) is 10.0 Å². The van der Waals surface area contributed by atoms with Crippen LogP contribution in [0.4, 0.5) is 0 Å². The molecular weight excluding hydrogens is 201 g/mol. The van der Waals surface area contributed by atoms with Gasteiger partial charge in [0, 0.05) is 10.6 Å². The van der Waals surface area contributed by atoms with E-state index < -0.39 is 0 Å². The van der Waals surface area contributed by atoms with Gasteiger partial charge in [-0.15, -0.1) is 0 Å². The largest absolute Gasteiger partial charge is 0.506 e. The fourth-order valence-corrected chi connectivity index (χ4v) is 1.26. The molecule has 0 atom stereocenters. The first-order valence-corrected chi connectivity index (χ1v) is 3.76. The van der Waals surface area contributed by atoms with Crippen LogP contribution >= 0.6 is 23.2 Å². The molecule has 64 valence electrons.